The summed E-state index contributed by atoms with van der Waals surface area (Å²) in [5.74, 6) is 0. The van der Waals surface area contributed by atoms with Crippen molar-refractivity contribution in [3.63, 3.8) is 0 Å². The SMILES string of the molecule is Cc1ccc(Sc2ccc(CNC3CC3)cc2Br)c(C)c1. The number of hydrogen-bond donors (Lipinski definition) is 1. The molecule has 0 atom stereocenters. The van der Waals surface area contributed by atoms with Crippen LogP contribution in [0, 0.1) is 13.8 Å². The molecule has 1 nitrogen and oxygen atoms in total. The molecular formula is C18H20BrNS. The van der Waals surface area contributed by atoms with Gasteiger partial charge in [0.25, 0.3) is 0 Å². The Labute approximate surface area is 139 Å². The average molecular weight is 362 g/mol. The summed E-state index contributed by atoms with van der Waals surface area (Å²) in [5, 5.41) is 3.56. The van der Waals surface area contributed by atoms with E-state index >= 15 is 0 Å². The third kappa shape index (κ3) is 4.12. The van der Waals surface area contributed by atoms with Gasteiger partial charge in [-0.25, -0.2) is 0 Å². The minimum absolute atomic E-state index is 0.757. The second kappa shape index (κ2) is 6.55. The monoisotopic (exact) mass is 361 g/mol. The van der Waals surface area contributed by atoms with Crippen LogP contribution in [0.2, 0.25) is 0 Å². The lowest BCUT2D eigenvalue weighted by Crippen LogP contribution is -2.15. The predicted octanol–water partition coefficient (Wildman–Crippen LogP) is 5.47. The van der Waals surface area contributed by atoms with E-state index in [4.69, 9.17) is 0 Å². The summed E-state index contributed by atoms with van der Waals surface area (Å²) in [7, 11) is 0. The first kappa shape index (κ1) is 15.1. The van der Waals surface area contributed by atoms with Crippen LogP contribution in [-0.4, -0.2) is 6.04 Å². The molecule has 110 valence electrons. The molecule has 0 aliphatic heterocycles. The van der Waals surface area contributed by atoms with Gasteiger partial charge in [-0.05, 0) is 71.9 Å². The fourth-order valence-corrected chi connectivity index (χ4v) is 3.87. The van der Waals surface area contributed by atoms with E-state index in [1.807, 2.05) is 11.8 Å². The van der Waals surface area contributed by atoms with Crippen molar-refractivity contribution in [2.24, 2.45) is 0 Å². The van der Waals surface area contributed by atoms with Crippen molar-refractivity contribution >= 4 is 27.7 Å². The van der Waals surface area contributed by atoms with Crippen LogP contribution in [0.25, 0.3) is 0 Å². The summed E-state index contributed by atoms with van der Waals surface area (Å²) in [5.41, 5.74) is 4.00. The molecule has 3 heteroatoms. The van der Waals surface area contributed by atoms with E-state index in [-0.39, 0.29) is 0 Å². The quantitative estimate of drug-likeness (QED) is 0.757. The summed E-state index contributed by atoms with van der Waals surface area (Å²) >= 11 is 5.55. The van der Waals surface area contributed by atoms with E-state index in [2.05, 4.69) is 71.5 Å². The third-order valence-electron chi connectivity index (χ3n) is 3.72. The Morgan fingerprint density at radius 2 is 1.86 bits per heavy atom. The minimum Gasteiger partial charge on any atom is -0.310 e. The Morgan fingerprint density at radius 1 is 1.10 bits per heavy atom. The second-order valence-electron chi connectivity index (χ2n) is 5.79. The molecule has 0 radical (unpaired) electrons. The molecule has 0 heterocycles. The maximum atomic E-state index is 3.72. The van der Waals surface area contributed by atoms with Crippen molar-refractivity contribution in [3.05, 3.63) is 57.6 Å². The smallest absolute Gasteiger partial charge is 0.0318 e. The Hall–Kier alpha value is -0.770. The van der Waals surface area contributed by atoms with Crippen molar-refractivity contribution in [1.29, 1.82) is 0 Å². The molecule has 1 aliphatic rings. The summed E-state index contributed by atoms with van der Waals surface area (Å²) in [6.45, 7) is 5.29. The highest BCUT2D eigenvalue weighted by atomic mass is 79.9. The lowest BCUT2D eigenvalue weighted by Gasteiger charge is -2.10. The number of nitrogens with one attached hydrogen (secondary N) is 1. The van der Waals surface area contributed by atoms with Crippen molar-refractivity contribution in [2.75, 3.05) is 0 Å². The normalized spacial score (nSPS) is 14.4. The van der Waals surface area contributed by atoms with Gasteiger partial charge in [0.15, 0.2) is 0 Å². The van der Waals surface area contributed by atoms with E-state index in [9.17, 15) is 0 Å². The van der Waals surface area contributed by atoms with Gasteiger partial charge in [-0.3, -0.25) is 0 Å². The lowest BCUT2D eigenvalue weighted by atomic mass is 10.2. The number of benzene rings is 2. The van der Waals surface area contributed by atoms with Crippen molar-refractivity contribution in [2.45, 2.75) is 49.1 Å². The van der Waals surface area contributed by atoms with Gasteiger partial charge in [0.05, 0.1) is 0 Å². The molecular weight excluding hydrogens is 342 g/mol. The molecule has 0 unspecified atom stereocenters. The Bertz CT molecular complexity index is 650. The first-order valence-corrected chi connectivity index (χ1v) is 9.00. The van der Waals surface area contributed by atoms with E-state index < -0.39 is 0 Å². The maximum Gasteiger partial charge on any atom is 0.0318 e. The first-order valence-electron chi connectivity index (χ1n) is 7.39. The van der Waals surface area contributed by atoms with Crippen molar-refractivity contribution in [1.82, 2.24) is 5.32 Å². The van der Waals surface area contributed by atoms with Gasteiger partial charge >= 0.3 is 0 Å². The van der Waals surface area contributed by atoms with Gasteiger partial charge in [-0.2, -0.15) is 0 Å². The summed E-state index contributed by atoms with van der Waals surface area (Å²) in [6, 6.07) is 14.1. The molecule has 1 fully saturated rings. The highest BCUT2D eigenvalue weighted by molar-refractivity contribution is 9.10. The zero-order valence-corrected chi connectivity index (χ0v) is 14.9. The summed E-state index contributed by atoms with van der Waals surface area (Å²) in [6.07, 6.45) is 2.67. The van der Waals surface area contributed by atoms with Gasteiger partial charge in [0.1, 0.15) is 0 Å². The molecule has 0 bridgehead atoms. The third-order valence-corrected chi connectivity index (χ3v) is 5.89. The zero-order chi connectivity index (χ0) is 14.8. The molecule has 0 spiro atoms. The van der Waals surface area contributed by atoms with Crippen LogP contribution in [-0.2, 0) is 6.54 Å². The Balaban J connectivity index is 1.72. The lowest BCUT2D eigenvalue weighted by molar-refractivity contribution is 0.687. The molecule has 2 aromatic rings. The van der Waals surface area contributed by atoms with Crippen LogP contribution in [0.4, 0.5) is 0 Å². The summed E-state index contributed by atoms with van der Waals surface area (Å²) < 4.78 is 1.18. The molecule has 1 aliphatic carbocycles. The minimum atomic E-state index is 0.757. The Kier molecular flexibility index (Phi) is 4.72. The van der Waals surface area contributed by atoms with Crippen LogP contribution in [0.3, 0.4) is 0 Å². The standard InChI is InChI=1S/C18H20BrNS/c1-12-3-7-17(13(2)9-12)21-18-8-4-14(10-16(18)19)11-20-15-5-6-15/h3-4,7-10,15,20H,5-6,11H2,1-2H3. The molecule has 21 heavy (non-hydrogen) atoms. The molecule has 1 saturated carbocycles. The largest absolute Gasteiger partial charge is 0.310 e. The molecule has 2 aromatic carbocycles. The predicted molar refractivity (Wildman–Crippen MR) is 94.0 cm³/mol. The van der Waals surface area contributed by atoms with Crippen LogP contribution >= 0.6 is 27.7 Å². The topological polar surface area (TPSA) is 12.0 Å². The maximum absolute atomic E-state index is 3.72. The first-order chi connectivity index (χ1) is 10.1. The van der Waals surface area contributed by atoms with Crippen LogP contribution < -0.4 is 5.32 Å². The van der Waals surface area contributed by atoms with Gasteiger partial charge in [-0.1, -0.05) is 35.5 Å². The van der Waals surface area contributed by atoms with Gasteiger partial charge in [0.2, 0.25) is 0 Å². The number of halogens is 1. The van der Waals surface area contributed by atoms with E-state index in [0.29, 0.717) is 0 Å². The van der Waals surface area contributed by atoms with Crippen LogP contribution in [0.15, 0.2) is 50.7 Å². The molecule has 3 rings (SSSR count). The highest BCUT2D eigenvalue weighted by Crippen LogP contribution is 2.36. The average Bonchev–Trinajstić information content (AvgIpc) is 3.26. The van der Waals surface area contributed by atoms with Crippen LogP contribution in [0.5, 0.6) is 0 Å². The highest BCUT2D eigenvalue weighted by Gasteiger charge is 2.20. The van der Waals surface area contributed by atoms with Crippen molar-refractivity contribution < 1.29 is 0 Å². The van der Waals surface area contributed by atoms with Crippen LogP contribution in [0.1, 0.15) is 29.5 Å². The Morgan fingerprint density at radius 3 is 2.52 bits per heavy atom. The van der Waals surface area contributed by atoms with Gasteiger partial charge in [0, 0.05) is 26.9 Å². The number of rotatable bonds is 5. The fraction of sp³-hybridized carbons (Fsp3) is 0.333. The van der Waals surface area contributed by atoms with E-state index in [0.717, 1.165) is 12.6 Å². The second-order valence-corrected chi connectivity index (χ2v) is 7.73. The van der Waals surface area contributed by atoms with Gasteiger partial charge < -0.3 is 5.32 Å². The van der Waals surface area contributed by atoms with Gasteiger partial charge in [-0.15, -0.1) is 0 Å². The fourth-order valence-electron chi connectivity index (χ4n) is 2.32. The van der Waals surface area contributed by atoms with E-state index in [1.165, 1.54) is 43.8 Å². The number of hydrogen-bond acceptors (Lipinski definition) is 2. The van der Waals surface area contributed by atoms with E-state index in [1.54, 1.807) is 0 Å². The van der Waals surface area contributed by atoms with Crippen molar-refractivity contribution in [3.8, 4) is 0 Å². The number of aryl methyl sites for hydroxylation is 2. The molecule has 0 amide bonds. The summed E-state index contributed by atoms with van der Waals surface area (Å²) in [4.78, 5) is 2.60. The molecule has 0 aromatic heterocycles. The zero-order valence-electron chi connectivity index (χ0n) is 12.4. The molecule has 0 saturated heterocycles. The molecule has 1 N–H and O–H groups in total.